The predicted octanol–water partition coefficient (Wildman–Crippen LogP) is 5.23. The first-order chi connectivity index (χ1) is 19.6. The predicted molar refractivity (Wildman–Crippen MR) is 141 cm³/mol. The summed E-state index contributed by atoms with van der Waals surface area (Å²) in [5, 5.41) is 24.5. The number of aliphatic hydroxyl groups is 2. The van der Waals surface area contributed by atoms with E-state index in [0.29, 0.717) is 17.2 Å². The van der Waals surface area contributed by atoms with E-state index in [1.807, 2.05) is 0 Å². The Morgan fingerprint density at radius 2 is 1.38 bits per heavy atom. The Morgan fingerprint density at radius 1 is 0.738 bits per heavy atom. The molecule has 14 heteroatoms. The van der Waals surface area contributed by atoms with Crippen molar-refractivity contribution in [1.82, 2.24) is 9.97 Å². The van der Waals surface area contributed by atoms with Gasteiger partial charge < -0.3 is 10.2 Å². The second-order valence-corrected chi connectivity index (χ2v) is 10.7. The number of hydrogen-bond donors (Lipinski definition) is 3. The van der Waals surface area contributed by atoms with Crippen molar-refractivity contribution in [3.05, 3.63) is 89.1 Å². The van der Waals surface area contributed by atoms with E-state index < -0.39 is 40.2 Å². The van der Waals surface area contributed by atoms with E-state index in [1.54, 1.807) is 12.1 Å². The average molecular weight is 612 g/mol. The van der Waals surface area contributed by atoms with E-state index in [2.05, 4.69) is 9.97 Å². The van der Waals surface area contributed by atoms with Crippen LogP contribution in [0.1, 0.15) is 22.4 Å². The maximum absolute atomic E-state index is 13.8. The van der Waals surface area contributed by atoms with Crippen LogP contribution in [0.3, 0.4) is 0 Å². The van der Waals surface area contributed by atoms with Crippen molar-refractivity contribution >= 4 is 10.0 Å². The standard InChI is InChI=1S/C28H23F6N3O4S/c29-27(30,31)20-7-4-16(5-8-20)23-15-24(28(32,33)34)37-26(36-23)19-3-1-2-18(14-19)21-9-6-17(10-12-38)25(42(35,40)41)22(21)11-13-39/h1-9,14-15,38-39H,10-13H2,(H2,35,40,41). The molecule has 0 radical (unpaired) electrons. The molecule has 0 saturated heterocycles. The molecule has 0 bridgehead atoms. The van der Waals surface area contributed by atoms with Crippen LogP contribution in [0.15, 0.2) is 71.6 Å². The first kappa shape index (κ1) is 31.1. The minimum absolute atomic E-state index is 0.00389. The molecule has 0 aliphatic rings. The summed E-state index contributed by atoms with van der Waals surface area (Å²) in [5.41, 5.74) is -1.44. The van der Waals surface area contributed by atoms with Crippen LogP contribution in [0, 0.1) is 0 Å². The van der Waals surface area contributed by atoms with Gasteiger partial charge in [0, 0.05) is 24.3 Å². The van der Waals surface area contributed by atoms with Crippen LogP contribution in [0.4, 0.5) is 26.3 Å². The fourth-order valence-electron chi connectivity index (χ4n) is 4.50. The smallest absolute Gasteiger partial charge is 0.396 e. The largest absolute Gasteiger partial charge is 0.433 e. The number of rotatable bonds is 8. The van der Waals surface area contributed by atoms with Gasteiger partial charge in [-0.3, -0.25) is 0 Å². The molecule has 0 amide bonds. The highest BCUT2D eigenvalue weighted by molar-refractivity contribution is 7.89. The van der Waals surface area contributed by atoms with Gasteiger partial charge in [-0.05, 0) is 59.4 Å². The number of aromatic nitrogens is 2. The molecule has 42 heavy (non-hydrogen) atoms. The minimum Gasteiger partial charge on any atom is -0.396 e. The van der Waals surface area contributed by atoms with E-state index in [1.165, 1.54) is 24.3 Å². The zero-order chi connectivity index (χ0) is 30.9. The lowest BCUT2D eigenvalue weighted by Crippen LogP contribution is -2.19. The fourth-order valence-corrected chi connectivity index (χ4v) is 5.59. The zero-order valence-corrected chi connectivity index (χ0v) is 22.4. The van der Waals surface area contributed by atoms with Crippen molar-refractivity contribution in [2.45, 2.75) is 30.1 Å². The molecular weight excluding hydrogens is 588 g/mol. The number of nitrogens with two attached hydrogens (primary N) is 1. The molecule has 0 spiro atoms. The molecular formula is C28H23F6N3O4S. The van der Waals surface area contributed by atoms with Gasteiger partial charge in [0.05, 0.1) is 16.2 Å². The van der Waals surface area contributed by atoms with Crippen molar-refractivity contribution in [3.8, 4) is 33.8 Å². The van der Waals surface area contributed by atoms with Crippen LogP contribution in [0.25, 0.3) is 33.8 Å². The molecule has 4 aromatic rings. The monoisotopic (exact) mass is 611 g/mol. The number of benzene rings is 3. The van der Waals surface area contributed by atoms with Gasteiger partial charge in [0.25, 0.3) is 0 Å². The molecule has 4 N–H and O–H groups in total. The number of hydrogen-bond acceptors (Lipinski definition) is 6. The highest BCUT2D eigenvalue weighted by Crippen LogP contribution is 2.36. The SMILES string of the molecule is NS(=O)(=O)c1c(CCO)ccc(-c2cccc(-c3nc(-c4ccc(C(F)(F)F)cc4)cc(C(F)(F)F)n3)c2)c1CCO. The first-order valence-corrected chi connectivity index (χ1v) is 13.8. The van der Waals surface area contributed by atoms with Crippen LogP contribution in [-0.2, 0) is 35.2 Å². The summed E-state index contributed by atoms with van der Waals surface area (Å²) in [6.07, 6.45) is -9.71. The van der Waals surface area contributed by atoms with Gasteiger partial charge in [0.2, 0.25) is 10.0 Å². The van der Waals surface area contributed by atoms with E-state index in [9.17, 15) is 45.0 Å². The van der Waals surface area contributed by atoms with Gasteiger partial charge in [0.1, 0.15) is 5.69 Å². The molecule has 0 fully saturated rings. The molecule has 1 aromatic heterocycles. The van der Waals surface area contributed by atoms with Gasteiger partial charge in [0.15, 0.2) is 5.82 Å². The fraction of sp³-hybridized carbons (Fsp3) is 0.214. The number of halogens is 6. The molecule has 7 nitrogen and oxygen atoms in total. The number of sulfonamides is 1. The Hall–Kier alpha value is -3.85. The van der Waals surface area contributed by atoms with Crippen LogP contribution >= 0.6 is 0 Å². The summed E-state index contributed by atoms with van der Waals surface area (Å²) >= 11 is 0. The maximum atomic E-state index is 13.8. The van der Waals surface area contributed by atoms with Gasteiger partial charge >= 0.3 is 12.4 Å². The summed E-state index contributed by atoms with van der Waals surface area (Å²) in [5.74, 6) is -0.381. The van der Waals surface area contributed by atoms with Crippen molar-refractivity contribution in [1.29, 1.82) is 0 Å². The second kappa shape index (κ2) is 11.8. The van der Waals surface area contributed by atoms with Crippen molar-refractivity contribution in [2.75, 3.05) is 13.2 Å². The Kier molecular flexibility index (Phi) is 8.73. The summed E-state index contributed by atoms with van der Waals surface area (Å²) in [4.78, 5) is 7.57. The molecule has 3 aromatic carbocycles. The number of aliphatic hydroxyl groups excluding tert-OH is 2. The lowest BCUT2D eigenvalue weighted by Gasteiger charge is -2.18. The summed E-state index contributed by atoms with van der Waals surface area (Å²) in [6.45, 7) is -0.824. The first-order valence-electron chi connectivity index (χ1n) is 12.3. The Morgan fingerprint density at radius 3 is 1.95 bits per heavy atom. The van der Waals surface area contributed by atoms with Gasteiger partial charge in [-0.2, -0.15) is 26.3 Å². The van der Waals surface area contributed by atoms with Gasteiger partial charge in [-0.25, -0.2) is 23.5 Å². The quantitative estimate of drug-likeness (QED) is 0.234. The second-order valence-electron chi connectivity index (χ2n) is 9.19. The summed E-state index contributed by atoms with van der Waals surface area (Å²) in [6, 6.07) is 13.0. The van der Waals surface area contributed by atoms with Crippen LogP contribution in [0.5, 0.6) is 0 Å². The number of primary sulfonamides is 1. The van der Waals surface area contributed by atoms with Crippen LogP contribution in [0.2, 0.25) is 0 Å². The van der Waals surface area contributed by atoms with Gasteiger partial charge in [-0.1, -0.05) is 42.5 Å². The van der Waals surface area contributed by atoms with E-state index in [-0.39, 0.29) is 58.1 Å². The normalized spacial score (nSPS) is 12.5. The minimum atomic E-state index is -4.91. The molecule has 4 rings (SSSR count). The molecule has 222 valence electrons. The zero-order valence-electron chi connectivity index (χ0n) is 21.5. The third-order valence-corrected chi connectivity index (χ3v) is 7.40. The Bertz CT molecular complexity index is 1710. The van der Waals surface area contributed by atoms with Gasteiger partial charge in [-0.15, -0.1) is 0 Å². The molecule has 0 atom stereocenters. The maximum Gasteiger partial charge on any atom is 0.433 e. The molecule has 0 aliphatic heterocycles. The molecule has 0 saturated carbocycles. The van der Waals surface area contributed by atoms with E-state index in [4.69, 9.17) is 5.14 Å². The Balaban J connectivity index is 1.89. The molecule has 0 aliphatic carbocycles. The molecule has 0 unspecified atom stereocenters. The van der Waals surface area contributed by atoms with Crippen molar-refractivity contribution in [3.63, 3.8) is 0 Å². The lowest BCUT2D eigenvalue weighted by molar-refractivity contribution is -0.141. The van der Waals surface area contributed by atoms with Crippen molar-refractivity contribution < 1.29 is 45.0 Å². The highest BCUT2D eigenvalue weighted by atomic mass is 32.2. The summed E-state index contributed by atoms with van der Waals surface area (Å²) < 4.78 is 105. The highest BCUT2D eigenvalue weighted by Gasteiger charge is 2.34. The lowest BCUT2D eigenvalue weighted by atomic mass is 9.93. The van der Waals surface area contributed by atoms with Crippen LogP contribution in [-0.4, -0.2) is 41.8 Å². The van der Waals surface area contributed by atoms with E-state index >= 15 is 0 Å². The van der Waals surface area contributed by atoms with Crippen LogP contribution < -0.4 is 5.14 Å². The molecule has 1 heterocycles. The average Bonchev–Trinajstić information content (AvgIpc) is 2.92. The number of nitrogens with zero attached hydrogens (tertiary/aromatic N) is 2. The Labute approximate surface area is 236 Å². The summed E-state index contributed by atoms with van der Waals surface area (Å²) in [7, 11) is -4.31. The van der Waals surface area contributed by atoms with Crippen molar-refractivity contribution in [2.24, 2.45) is 5.14 Å². The number of alkyl halides is 6. The third kappa shape index (κ3) is 6.78. The van der Waals surface area contributed by atoms with E-state index in [0.717, 1.165) is 24.3 Å². The topological polar surface area (TPSA) is 126 Å². The third-order valence-electron chi connectivity index (χ3n) is 6.33.